The summed E-state index contributed by atoms with van der Waals surface area (Å²) in [5.74, 6) is -3.40. The molecule has 1 heterocycles. The summed E-state index contributed by atoms with van der Waals surface area (Å²) in [6.07, 6.45) is -0.308. The van der Waals surface area contributed by atoms with Gasteiger partial charge < -0.3 is 36.6 Å². The van der Waals surface area contributed by atoms with E-state index >= 15 is 0 Å². The van der Waals surface area contributed by atoms with E-state index in [0.29, 0.717) is 12.0 Å². The first kappa shape index (κ1) is 35.5. The lowest BCUT2D eigenvalue weighted by Gasteiger charge is -2.23. The van der Waals surface area contributed by atoms with E-state index < -0.39 is 72.4 Å². The Morgan fingerprint density at radius 1 is 0.848 bits per heavy atom. The van der Waals surface area contributed by atoms with Gasteiger partial charge in [0.15, 0.2) is 0 Å². The highest BCUT2D eigenvalue weighted by molar-refractivity contribution is 5.94. The Kier molecular flexibility index (Phi) is 12.6. The summed E-state index contributed by atoms with van der Waals surface area (Å²) in [4.78, 5) is 75.8. The van der Waals surface area contributed by atoms with Crippen molar-refractivity contribution in [1.29, 1.82) is 0 Å². The Hall–Kier alpha value is -5.01. The molecule has 6 N–H and O–H groups in total. The van der Waals surface area contributed by atoms with Gasteiger partial charge in [-0.2, -0.15) is 0 Å². The minimum Gasteiger partial charge on any atom is -0.444 e. The van der Waals surface area contributed by atoms with Crippen molar-refractivity contribution in [3.05, 3.63) is 71.5 Å². The lowest BCUT2D eigenvalue weighted by molar-refractivity contribution is -0.131. The quantitative estimate of drug-likeness (QED) is 0.185. The number of alkyl carbamates (subject to hydrolysis) is 1. The zero-order chi connectivity index (χ0) is 33.9. The fourth-order valence-electron chi connectivity index (χ4n) is 4.61. The number of benzene rings is 2. The molecule has 2 aromatic carbocycles. The van der Waals surface area contributed by atoms with Crippen molar-refractivity contribution < 1.29 is 37.9 Å². The van der Waals surface area contributed by atoms with Gasteiger partial charge in [-0.25, -0.2) is 9.18 Å². The van der Waals surface area contributed by atoms with E-state index in [-0.39, 0.29) is 24.8 Å². The Labute approximate surface area is 266 Å². The maximum absolute atomic E-state index is 13.4. The van der Waals surface area contributed by atoms with Crippen LogP contribution in [0.15, 0.2) is 54.6 Å². The minimum atomic E-state index is -1.15. The molecule has 4 atom stereocenters. The van der Waals surface area contributed by atoms with Gasteiger partial charge in [-0.1, -0.05) is 42.5 Å². The second-order valence-corrected chi connectivity index (χ2v) is 12.0. The van der Waals surface area contributed by atoms with Crippen LogP contribution in [0.25, 0.3) is 0 Å². The van der Waals surface area contributed by atoms with Crippen LogP contribution in [0, 0.1) is 5.82 Å². The van der Waals surface area contributed by atoms with Crippen LogP contribution in [-0.2, 0) is 41.6 Å². The van der Waals surface area contributed by atoms with E-state index in [4.69, 9.17) is 4.74 Å². The van der Waals surface area contributed by atoms with E-state index in [9.17, 15) is 33.2 Å². The predicted octanol–water partition coefficient (Wildman–Crippen LogP) is 0.615. The van der Waals surface area contributed by atoms with Gasteiger partial charge in [-0.05, 0) is 57.4 Å². The fourth-order valence-corrected chi connectivity index (χ4v) is 4.61. The van der Waals surface area contributed by atoms with Crippen LogP contribution >= 0.6 is 0 Å². The molecule has 3 rings (SSSR count). The summed E-state index contributed by atoms with van der Waals surface area (Å²) >= 11 is 0. The highest BCUT2D eigenvalue weighted by Gasteiger charge is 2.33. The standard InChI is InChI=1S/C32H41FN6O7/c1-19-14-23(29(43)36-19)38-30(44)25(15-20-8-6-5-7-9-20)37-27(41)18-34-26(40)17-35-28(42)24(39-31(45)46-32(2,3)4)16-21-10-12-22(33)13-11-21/h5-13,19,23-25H,14-18H2,1-4H3,(H,34,40)(H,35,42)(H,36,43)(H,37,41)(H,38,44)(H,39,45)/t19?,23?,24-,25-/m1/s1. The number of carbonyl (C=O) groups excluding carboxylic acids is 6. The van der Waals surface area contributed by atoms with Crippen molar-refractivity contribution in [3.8, 4) is 0 Å². The van der Waals surface area contributed by atoms with Crippen molar-refractivity contribution in [1.82, 2.24) is 31.9 Å². The number of carbonyl (C=O) groups is 6. The van der Waals surface area contributed by atoms with Crippen molar-refractivity contribution in [3.63, 3.8) is 0 Å². The van der Waals surface area contributed by atoms with Crippen molar-refractivity contribution in [2.75, 3.05) is 13.1 Å². The number of hydrogen-bond donors (Lipinski definition) is 6. The van der Waals surface area contributed by atoms with E-state index in [1.807, 2.05) is 13.0 Å². The molecule has 6 amide bonds. The summed E-state index contributed by atoms with van der Waals surface area (Å²) in [5.41, 5.74) is 0.497. The minimum absolute atomic E-state index is 0.0122. The average Bonchev–Trinajstić information content (AvgIpc) is 3.30. The number of nitrogens with one attached hydrogen (secondary N) is 6. The van der Waals surface area contributed by atoms with Crippen LogP contribution in [0.4, 0.5) is 9.18 Å². The smallest absolute Gasteiger partial charge is 0.408 e. The van der Waals surface area contributed by atoms with Crippen molar-refractivity contribution in [2.45, 2.75) is 76.7 Å². The molecule has 2 unspecified atom stereocenters. The molecular weight excluding hydrogens is 599 g/mol. The molecule has 13 nitrogen and oxygen atoms in total. The molecule has 1 aliphatic heterocycles. The fraction of sp³-hybridized carbons (Fsp3) is 0.438. The number of rotatable bonds is 13. The number of halogens is 1. The van der Waals surface area contributed by atoms with Gasteiger partial charge >= 0.3 is 6.09 Å². The largest absolute Gasteiger partial charge is 0.444 e. The SMILES string of the molecule is CC1CC(NC(=O)[C@@H](Cc2ccccc2)NC(=O)CNC(=O)CNC(=O)[C@@H](Cc2ccc(F)cc2)NC(=O)OC(C)(C)C)C(=O)N1. The average molecular weight is 641 g/mol. The second-order valence-electron chi connectivity index (χ2n) is 12.0. The lowest BCUT2D eigenvalue weighted by atomic mass is 10.0. The van der Waals surface area contributed by atoms with Crippen LogP contribution in [0.3, 0.4) is 0 Å². The third-order valence-electron chi connectivity index (χ3n) is 6.78. The van der Waals surface area contributed by atoms with E-state index in [0.717, 1.165) is 5.56 Å². The molecule has 0 bridgehead atoms. The van der Waals surface area contributed by atoms with Gasteiger partial charge in [0.25, 0.3) is 0 Å². The van der Waals surface area contributed by atoms with Crippen LogP contribution in [-0.4, -0.2) is 78.5 Å². The zero-order valence-electron chi connectivity index (χ0n) is 26.3. The maximum atomic E-state index is 13.4. The maximum Gasteiger partial charge on any atom is 0.408 e. The zero-order valence-corrected chi connectivity index (χ0v) is 26.3. The van der Waals surface area contributed by atoms with E-state index in [1.165, 1.54) is 24.3 Å². The molecule has 1 aliphatic rings. The highest BCUT2D eigenvalue weighted by atomic mass is 19.1. The Bertz CT molecular complexity index is 1400. The molecule has 248 valence electrons. The molecule has 0 saturated carbocycles. The van der Waals surface area contributed by atoms with E-state index in [2.05, 4.69) is 31.9 Å². The summed E-state index contributed by atoms with van der Waals surface area (Å²) in [6, 6.07) is 11.4. The monoisotopic (exact) mass is 640 g/mol. The van der Waals surface area contributed by atoms with Gasteiger partial charge in [0.05, 0.1) is 13.1 Å². The first-order valence-electron chi connectivity index (χ1n) is 14.9. The van der Waals surface area contributed by atoms with Gasteiger partial charge in [0, 0.05) is 18.9 Å². The summed E-state index contributed by atoms with van der Waals surface area (Å²) in [6.45, 7) is 5.78. The first-order chi connectivity index (χ1) is 21.7. The number of ether oxygens (including phenoxy) is 1. The topological polar surface area (TPSA) is 184 Å². The molecule has 1 fully saturated rings. The molecular formula is C32H41FN6O7. The summed E-state index contributed by atoms with van der Waals surface area (Å²) in [5, 5.41) is 15.3. The van der Waals surface area contributed by atoms with E-state index in [1.54, 1.807) is 45.0 Å². The van der Waals surface area contributed by atoms with Crippen molar-refractivity contribution in [2.24, 2.45) is 0 Å². The van der Waals surface area contributed by atoms with Crippen LogP contribution < -0.4 is 31.9 Å². The Morgan fingerprint density at radius 3 is 2.02 bits per heavy atom. The first-order valence-corrected chi connectivity index (χ1v) is 14.9. The van der Waals surface area contributed by atoms with Crippen LogP contribution in [0.5, 0.6) is 0 Å². The second kappa shape index (κ2) is 16.3. The summed E-state index contributed by atoms with van der Waals surface area (Å²) < 4.78 is 18.6. The third kappa shape index (κ3) is 12.2. The van der Waals surface area contributed by atoms with Gasteiger partial charge in [-0.3, -0.25) is 24.0 Å². The number of hydrogen-bond acceptors (Lipinski definition) is 7. The molecule has 0 aromatic heterocycles. The molecule has 46 heavy (non-hydrogen) atoms. The molecule has 2 aromatic rings. The molecule has 0 spiro atoms. The van der Waals surface area contributed by atoms with Gasteiger partial charge in [0.2, 0.25) is 29.5 Å². The Morgan fingerprint density at radius 2 is 1.43 bits per heavy atom. The Balaban J connectivity index is 1.55. The lowest BCUT2D eigenvalue weighted by Crippen LogP contribution is -2.54. The van der Waals surface area contributed by atoms with Crippen LogP contribution in [0.1, 0.15) is 45.2 Å². The van der Waals surface area contributed by atoms with Crippen LogP contribution in [0.2, 0.25) is 0 Å². The normalized spacial score (nSPS) is 17.1. The van der Waals surface area contributed by atoms with Crippen molar-refractivity contribution >= 4 is 35.6 Å². The molecule has 0 radical (unpaired) electrons. The molecule has 14 heteroatoms. The van der Waals surface area contributed by atoms with Gasteiger partial charge in [0.1, 0.15) is 29.5 Å². The summed E-state index contributed by atoms with van der Waals surface area (Å²) in [7, 11) is 0. The highest BCUT2D eigenvalue weighted by Crippen LogP contribution is 2.11. The molecule has 1 saturated heterocycles. The number of amides is 6. The molecule has 0 aliphatic carbocycles. The third-order valence-corrected chi connectivity index (χ3v) is 6.78. The predicted molar refractivity (Wildman–Crippen MR) is 166 cm³/mol. The van der Waals surface area contributed by atoms with Gasteiger partial charge in [-0.15, -0.1) is 0 Å².